The third-order valence-electron chi connectivity index (χ3n) is 4.73. The van der Waals surface area contributed by atoms with Crippen LogP contribution in [0.15, 0.2) is 53.7 Å². The lowest BCUT2D eigenvalue weighted by Crippen LogP contribution is -2.15. The first-order valence-corrected chi connectivity index (χ1v) is 11.6. The summed E-state index contributed by atoms with van der Waals surface area (Å²) in [5.41, 5.74) is 2.03. The Morgan fingerprint density at radius 3 is 2.55 bits per heavy atom. The number of nitrogens with zero attached hydrogens (tertiary/aromatic N) is 3. The van der Waals surface area contributed by atoms with Crippen LogP contribution in [0.4, 0.5) is 5.69 Å². The number of hydrogen-bond donors (Lipinski definition) is 1. The minimum Gasteiger partial charge on any atom is -0.483 e. The van der Waals surface area contributed by atoms with E-state index in [-0.39, 0.29) is 17.8 Å². The molecule has 8 heteroatoms. The number of nitrogens with one attached hydrogen (secondary N) is 1. The summed E-state index contributed by atoms with van der Waals surface area (Å²) in [7, 11) is 0. The molecule has 1 amide bonds. The Kier molecular flexibility index (Phi) is 7.98. The predicted molar refractivity (Wildman–Crippen MR) is 126 cm³/mol. The van der Waals surface area contributed by atoms with Crippen LogP contribution in [0.1, 0.15) is 51.1 Å². The Morgan fingerprint density at radius 1 is 1.16 bits per heavy atom. The van der Waals surface area contributed by atoms with Gasteiger partial charge in [0, 0.05) is 17.3 Å². The van der Waals surface area contributed by atoms with E-state index in [2.05, 4.69) is 29.4 Å². The van der Waals surface area contributed by atoms with Crippen molar-refractivity contribution in [2.45, 2.75) is 51.4 Å². The van der Waals surface area contributed by atoms with Gasteiger partial charge in [-0.05, 0) is 55.7 Å². The largest absolute Gasteiger partial charge is 0.483 e. The number of aromatic nitrogens is 3. The maximum Gasteiger partial charge on any atom is 0.234 e. The van der Waals surface area contributed by atoms with Crippen molar-refractivity contribution in [1.29, 1.82) is 0 Å². The van der Waals surface area contributed by atoms with E-state index in [9.17, 15) is 4.79 Å². The van der Waals surface area contributed by atoms with Crippen LogP contribution in [-0.4, -0.2) is 26.4 Å². The summed E-state index contributed by atoms with van der Waals surface area (Å²) in [6.07, 6.45) is -0.312. The van der Waals surface area contributed by atoms with Gasteiger partial charge in [0.05, 0.1) is 5.75 Å². The van der Waals surface area contributed by atoms with Gasteiger partial charge in [-0.2, -0.15) is 0 Å². The number of halogens is 1. The Balaban J connectivity index is 1.60. The molecule has 1 atom stereocenters. The Morgan fingerprint density at radius 2 is 1.90 bits per heavy atom. The van der Waals surface area contributed by atoms with Gasteiger partial charge in [0.2, 0.25) is 5.91 Å². The minimum atomic E-state index is -0.312. The van der Waals surface area contributed by atoms with Crippen LogP contribution >= 0.6 is 23.4 Å². The van der Waals surface area contributed by atoms with Crippen molar-refractivity contribution in [3.05, 3.63) is 64.9 Å². The van der Waals surface area contributed by atoms with Crippen LogP contribution in [0.25, 0.3) is 0 Å². The maximum absolute atomic E-state index is 12.4. The molecule has 6 nitrogen and oxygen atoms in total. The molecule has 0 radical (unpaired) electrons. The summed E-state index contributed by atoms with van der Waals surface area (Å²) in [6, 6.07) is 15.2. The molecule has 0 spiro atoms. The van der Waals surface area contributed by atoms with Gasteiger partial charge in [0.1, 0.15) is 5.75 Å². The van der Waals surface area contributed by atoms with E-state index in [4.69, 9.17) is 16.3 Å². The Labute approximate surface area is 192 Å². The van der Waals surface area contributed by atoms with Gasteiger partial charge in [-0.3, -0.25) is 4.79 Å². The molecule has 0 saturated carbocycles. The molecular weight excluding hydrogens is 432 g/mol. The molecule has 1 unspecified atom stereocenters. The highest BCUT2D eigenvalue weighted by atomic mass is 35.5. The molecule has 3 aromatic rings. The molecule has 164 valence electrons. The topological polar surface area (TPSA) is 69.0 Å². The molecule has 0 aliphatic rings. The van der Waals surface area contributed by atoms with Gasteiger partial charge in [-0.1, -0.05) is 55.4 Å². The van der Waals surface area contributed by atoms with Crippen molar-refractivity contribution in [1.82, 2.24) is 14.8 Å². The smallest absolute Gasteiger partial charge is 0.234 e. The van der Waals surface area contributed by atoms with Crippen molar-refractivity contribution in [3.63, 3.8) is 0 Å². The fourth-order valence-electron chi connectivity index (χ4n) is 3.08. The molecule has 0 bridgehead atoms. The molecule has 3 rings (SSSR count). The number of carbonyl (C=O) groups is 1. The predicted octanol–water partition coefficient (Wildman–Crippen LogP) is 5.95. The highest BCUT2D eigenvalue weighted by Gasteiger charge is 2.19. The van der Waals surface area contributed by atoms with Gasteiger partial charge in [-0.25, -0.2) is 0 Å². The Bertz CT molecular complexity index is 1020. The average molecular weight is 459 g/mol. The van der Waals surface area contributed by atoms with Crippen LogP contribution in [-0.2, 0) is 11.3 Å². The van der Waals surface area contributed by atoms with E-state index >= 15 is 0 Å². The molecule has 0 aliphatic heterocycles. The van der Waals surface area contributed by atoms with Crippen LogP contribution in [0.5, 0.6) is 5.75 Å². The summed E-state index contributed by atoms with van der Waals surface area (Å²) in [6.45, 7) is 8.89. The lowest BCUT2D eigenvalue weighted by atomic mass is 10.0. The first-order chi connectivity index (χ1) is 14.9. The Hall–Kier alpha value is -2.51. The summed E-state index contributed by atoms with van der Waals surface area (Å²) < 4.78 is 7.93. The van der Waals surface area contributed by atoms with E-state index in [1.54, 1.807) is 12.1 Å². The first-order valence-electron chi connectivity index (χ1n) is 10.2. The van der Waals surface area contributed by atoms with Crippen LogP contribution in [0.2, 0.25) is 5.02 Å². The molecule has 1 heterocycles. The number of ether oxygens (including phenoxy) is 1. The number of anilines is 1. The highest BCUT2D eigenvalue weighted by molar-refractivity contribution is 7.99. The third kappa shape index (κ3) is 6.24. The number of amides is 1. The van der Waals surface area contributed by atoms with Crippen LogP contribution in [0, 0.1) is 0 Å². The van der Waals surface area contributed by atoms with Gasteiger partial charge in [0.25, 0.3) is 0 Å². The summed E-state index contributed by atoms with van der Waals surface area (Å²) >= 11 is 7.39. The minimum absolute atomic E-state index is 0.0854. The van der Waals surface area contributed by atoms with E-state index in [1.165, 1.54) is 17.3 Å². The fraction of sp³-hybridized carbons (Fsp3) is 0.348. The maximum atomic E-state index is 12.4. The first kappa shape index (κ1) is 23.2. The number of hydrogen-bond acceptors (Lipinski definition) is 5. The van der Waals surface area contributed by atoms with Crippen molar-refractivity contribution < 1.29 is 9.53 Å². The van der Waals surface area contributed by atoms with E-state index in [0.717, 1.165) is 5.69 Å². The number of rotatable bonds is 9. The molecule has 0 aliphatic carbocycles. The number of carbonyl (C=O) groups excluding carboxylic acids is 1. The second kappa shape index (κ2) is 10.7. The SMILES string of the molecule is CCn1c(SCC(=O)Nc2ccc(C(C)C)cc2)nnc1C(C)Oc1cccc(Cl)c1. The zero-order valence-electron chi connectivity index (χ0n) is 18.1. The second-order valence-electron chi connectivity index (χ2n) is 7.42. The lowest BCUT2D eigenvalue weighted by Gasteiger charge is -2.15. The quantitative estimate of drug-likeness (QED) is 0.401. The molecule has 2 aromatic carbocycles. The summed E-state index contributed by atoms with van der Waals surface area (Å²) in [4.78, 5) is 12.4. The number of benzene rings is 2. The average Bonchev–Trinajstić information content (AvgIpc) is 3.16. The fourth-order valence-corrected chi connectivity index (χ4v) is 4.07. The zero-order chi connectivity index (χ0) is 22.4. The normalized spacial score (nSPS) is 12.1. The van der Waals surface area contributed by atoms with Crippen molar-refractivity contribution in [3.8, 4) is 5.75 Å². The molecule has 0 fully saturated rings. The second-order valence-corrected chi connectivity index (χ2v) is 8.79. The van der Waals surface area contributed by atoms with Gasteiger partial charge in [-0.15, -0.1) is 10.2 Å². The van der Waals surface area contributed by atoms with Crippen molar-refractivity contribution >= 4 is 35.0 Å². The van der Waals surface area contributed by atoms with Crippen molar-refractivity contribution in [2.75, 3.05) is 11.1 Å². The molecule has 0 saturated heterocycles. The van der Waals surface area contributed by atoms with E-state index in [1.807, 2.05) is 54.8 Å². The molecule has 31 heavy (non-hydrogen) atoms. The van der Waals surface area contributed by atoms with Crippen molar-refractivity contribution in [2.24, 2.45) is 0 Å². The zero-order valence-corrected chi connectivity index (χ0v) is 19.7. The molecule has 1 N–H and O–H groups in total. The summed E-state index contributed by atoms with van der Waals surface area (Å²) in [5.74, 6) is 1.99. The number of thioether (sulfide) groups is 1. The van der Waals surface area contributed by atoms with E-state index < -0.39 is 0 Å². The lowest BCUT2D eigenvalue weighted by molar-refractivity contribution is -0.113. The monoisotopic (exact) mass is 458 g/mol. The van der Waals surface area contributed by atoms with Gasteiger partial charge >= 0.3 is 0 Å². The highest BCUT2D eigenvalue weighted by Crippen LogP contribution is 2.26. The van der Waals surface area contributed by atoms with Crippen LogP contribution < -0.4 is 10.1 Å². The summed E-state index contributed by atoms with van der Waals surface area (Å²) in [5, 5.41) is 12.8. The molecular formula is C23H27ClN4O2S. The van der Waals surface area contributed by atoms with Gasteiger partial charge in [0.15, 0.2) is 17.1 Å². The molecule has 1 aromatic heterocycles. The third-order valence-corrected chi connectivity index (χ3v) is 5.93. The standard InChI is InChI=1S/C23H27ClN4O2S/c1-5-28-22(16(4)30-20-8-6-7-18(24)13-20)26-27-23(28)31-14-21(29)25-19-11-9-17(10-12-19)15(2)3/h6-13,15-16H,5,14H2,1-4H3,(H,25,29). The van der Waals surface area contributed by atoms with Crippen LogP contribution in [0.3, 0.4) is 0 Å². The van der Waals surface area contributed by atoms with E-state index in [0.29, 0.717) is 34.2 Å². The van der Waals surface area contributed by atoms with Gasteiger partial charge < -0.3 is 14.6 Å².